The van der Waals surface area contributed by atoms with Crippen LogP contribution >= 0.6 is 0 Å². The van der Waals surface area contributed by atoms with Crippen molar-refractivity contribution in [1.29, 1.82) is 0 Å². The Morgan fingerprint density at radius 2 is 1.89 bits per heavy atom. The number of halogens is 4. The van der Waals surface area contributed by atoms with Crippen LogP contribution in [-0.4, -0.2) is 11.3 Å². The van der Waals surface area contributed by atoms with Gasteiger partial charge in [-0.1, -0.05) is 12.1 Å². The smallest absolute Gasteiger partial charge is 0.298 e. The number of carbonyl (C=O) groups excluding carboxylic acids is 1. The van der Waals surface area contributed by atoms with E-state index in [9.17, 15) is 22.4 Å². The second-order valence-electron chi connectivity index (χ2n) is 3.80. The van der Waals surface area contributed by atoms with Crippen LogP contribution < -0.4 is 0 Å². The minimum atomic E-state index is -4.50. The summed E-state index contributed by atoms with van der Waals surface area (Å²) in [7, 11) is 0. The molecule has 1 heterocycles. The maximum Gasteiger partial charge on any atom is 0.416 e. The molecule has 1 aromatic carbocycles. The van der Waals surface area contributed by atoms with Crippen molar-refractivity contribution >= 4 is 6.29 Å². The molecule has 0 atom stereocenters. The molecule has 0 saturated heterocycles. The number of carbonyl (C=O) groups is 1. The largest absolute Gasteiger partial charge is 0.416 e. The Labute approximate surface area is 105 Å². The first kappa shape index (κ1) is 13.2. The molecule has 0 saturated carbocycles. The number of hydrogen-bond donors (Lipinski definition) is 0. The average molecular weight is 269 g/mol. The number of aromatic nitrogens is 1. The molecule has 1 aromatic heterocycles. The summed E-state index contributed by atoms with van der Waals surface area (Å²) < 4.78 is 51.3. The average Bonchev–Trinajstić information content (AvgIpc) is 2.37. The van der Waals surface area contributed by atoms with E-state index in [0.717, 1.165) is 24.4 Å². The normalized spacial score (nSPS) is 11.4. The van der Waals surface area contributed by atoms with Crippen molar-refractivity contribution in [2.75, 3.05) is 0 Å². The summed E-state index contributed by atoms with van der Waals surface area (Å²) in [6.07, 6.45) is -2.99. The summed E-state index contributed by atoms with van der Waals surface area (Å²) >= 11 is 0. The number of aldehydes is 1. The molecule has 0 aliphatic heterocycles. The maximum absolute atomic E-state index is 13.6. The minimum Gasteiger partial charge on any atom is -0.298 e. The monoisotopic (exact) mass is 269 g/mol. The van der Waals surface area contributed by atoms with Crippen LogP contribution in [0.25, 0.3) is 11.3 Å². The molecule has 0 fully saturated rings. The van der Waals surface area contributed by atoms with E-state index >= 15 is 0 Å². The second kappa shape index (κ2) is 4.79. The van der Waals surface area contributed by atoms with Crippen LogP contribution in [0.4, 0.5) is 17.6 Å². The molecular weight excluding hydrogens is 262 g/mol. The van der Waals surface area contributed by atoms with Gasteiger partial charge in [0.1, 0.15) is 11.5 Å². The van der Waals surface area contributed by atoms with Gasteiger partial charge in [-0.25, -0.2) is 4.39 Å². The molecular formula is C13H7F4NO. The van der Waals surface area contributed by atoms with Gasteiger partial charge in [0, 0.05) is 17.3 Å². The second-order valence-corrected chi connectivity index (χ2v) is 3.80. The predicted octanol–water partition coefficient (Wildman–Crippen LogP) is 3.72. The Balaban J connectivity index is 2.50. The van der Waals surface area contributed by atoms with Crippen molar-refractivity contribution in [3.05, 3.63) is 53.5 Å². The number of alkyl halides is 3. The first-order valence-corrected chi connectivity index (χ1v) is 5.20. The summed E-state index contributed by atoms with van der Waals surface area (Å²) in [6, 6.07) is 5.12. The molecule has 2 nitrogen and oxygen atoms in total. The van der Waals surface area contributed by atoms with Gasteiger partial charge >= 0.3 is 6.18 Å². The molecule has 0 aliphatic rings. The lowest BCUT2D eigenvalue weighted by Gasteiger charge is -2.09. The Hall–Kier alpha value is -2.24. The van der Waals surface area contributed by atoms with Gasteiger partial charge in [-0.15, -0.1) is 0 Å². The summed E-state index contributed by atoms with van der Waals surface area (Å²) in [5, 5.41) is 0. The van der Waals surface area contributed by atoms with Crippen molar-refractivity contribution in [1.82, 2.24) is 4.98 Å². The van der Waals surface area contributed by atoms with E-state index in [1.165, 1.54) is 12.1 Å². The van der Waals surface area contributed by atoms with Gasteiger partial charge in [0.2, 0.25) is 0 Å². The lowest BCUT2D eigenvalue weighted by molar-refractivity contribution is -0.137. The van der Waals surface area contributed by atoms with Gasteiger partial charge < -0.3 is 0 Å². The first-order valence-electron chi connectivity index (χ1n) is 5.20. The lowest BCUT2D eigenvalue weighted by Crippen LogP contribution is -2.05. The van der Waals surface area contributed by atoms with Crippen LogP contribution in [0.1, 0.15) is 15.9 Å². The third-order valence-electron chi connectivity index (χ3n) is 2.46. The maximum atomic E-state index is 13.6. The van der Waals surface area contributed by atoms with E-state index < -0.39 is 17.6 Å². The number of hydrogen-bond acceptors (Lipinski definition) is 2. The molecule has 0 aliphatic carbocycles. The van der Waals surface area contributed by atoms with E-state index in [0.29, 0.717) is 6.29 Å². The molecule has 2 rings (SSSR count). The van der Waals surface area contributed by atoms with Crippen LogP contribution in [-0.2, 0) is 6.18 Å². The number of nitrogens with zero attached hydrogens (tertiary/aromatic N) is 1. The first-order chi connectivity index (χ1) is 8.91. The van der Waals surface area contributed by atoms with Crippen molar-refractivity contribution in [3.8, 4) is 11.3 Å². The van der Waals surface area contributed by atoms with Gasteiger partial charge in [0.25, 0.3) is 0 Å². The van der Waals surface area contributed by atoms with Crippen LogP contribution in [0.2, 0.25) is 0 Å². The summed E-state index contributed by atoms with van der Waals surface area (Å²) in [6.45, 7) is 0. The Kier molecular flexibility index (Phi) is 3.33. The fraction of sp³-hybridized carbons (Fsp3) is 0.0769. The van der Waals surface area contributed by atoms with E-state index in [1.807, 2.05) is 0 Å². The third kappa shape index (κ3) is 2.78. The van der Waals surface area contributed by atoms with Crippen molar-refractivity contribution in [2.24, 2.45) is 0 Å². The minimum absolute atomic E-state index is 0.00442. The molecule has 0 unspecified atom stereocenters. The standard InChI is InChI=1S/C13H7F4NO/c14-11-4-8(7-19)6-18-12(11)9-2-1-3-10(5-9)13(15,16)17/h1-7H. The highest BCUT2D eigenvalue weighted by Crippen LogP contribution is 2.32. The Morgan fingerprint density at radius 1 is 1.16 bits per heavy atom. The van der Waals surface area contributed by atoms with Gasteiger partial charge in [0.15, 0.2) is 6.29 Å². The zero-order valence-corrected chi connectivity index (χ0v) is 9.41. The highest BCUT2D eigenvalue weighted by molar-refractivity contribution is 5.75. The fourth-order valence-corrected chi connectivity index (χ4v) is 1.57. The van der Waals surface area contributed by atoms with Crippen LogP contribution in [0, 0.1) is 5.82 Å². The quantitative estimate of drug-likeness (QED) is 0.614. The van der Waals surface area contributed by atoms with Crippen molar-refractivity contribution in [2.45, 2.75) is 6.18 Å². The van der Waals surface area contributed by atoms with Crippen molar-refractivity contribution in [3.63, 3.8) is 0 Å². The molecule has 0 radical (unpaired) electrons. The number of benzene rings is 1. The third-order valence-corrected chi connectivity index (χ3v) is 2.46. The SMILES string of the molecule is O=Cc1cnc(-c2cccc(C(F)(F)F)c2)c(F)c1. The topological polar surface area (TPSA) is 30.0 Å². The molecule has 0 bridgehead atoms. The van der Waals surface area contributed by atoms with Crippen LogP contribution in [0.5, 0.6) is 0 Å². The van der Waals surface area contributed by atoms with E-state index in [2.05, 4.69) is 4.98 Å². The highest BCUT2D eigenvalue weighted by atomic mass is 19.4. The highest BCUT2D eigenvalue weighted by Gasteiger charge is 2.30. The van der Waals surface area contributed by atoms with Gasteiger partial charge in [0.05, 0.1) is 5.56 Å². The molecule has 0 amide bonds. The Bertz CT molecular complexity index is 622. The fourth-order valence-electron chi connectivity index (χ4n) is 1.57. The molecule has 6 heteroatoms. The lowest BCUT2D eigenvalue weighted by atomic mass is 10.1. The predicted molar refractivity (Wildman–Crippen MR) is 60.0 cm³/mol. The molecule has 98 valence electrons. The zero-order chi connectivity index (χ0) is 14.0. The van der Waals surface area contributed by atoms with Crippen LogP contribution in [0.3, 0.4) is 0 Å². The van der Waals surface area contributed by atoms with Crippen LogP contribution in [0.15, 0.2) is 36.5 Å². The summed E-state index contributed by atoms with van der Waals surface area (Å²) in [5.41, 5.74) is -1.08. The summed E-state index contributed by atoms with van der Waals surface area (Å²) in [4.78, 5) is 14.1. The van der Waals surface area contributed by atoms with E-state index in [1.54, 1.807) is 0 Å². The van der Waals surface area contributed by atoms with Gasteiger partial charge in [-0.3, -0.25) is 9.78 Å². The summed E-state index contributed by atoms with van der Waals surface area (Å²) in [5.74, 6) is -0.844. The van der Waals surface area contributed by atoms with Gasteiger partial charge in [-0.2, -0.15) is 13.2 Å². The molecule has 2 aromatic rings. The number of rotatable bonds is 2. The Morgan fingerprint density at radius 3 is 2.47 bits per heavy atom. The van der Waals surface area contributed by atoms with Gasteiger partial charge in [-0.05, 0) is 18.2 Å². The van der Waals surface area contributed by atoms with Crippen molar-refractivity contribution < 1.29 is 22.4 Å². The number of pyridine rings is 1. The van der Waals surface area contributed by atoms with E-state index in [-0.39, 0.29) is 16.8 Å². The molecule has 0 N–H and O–H groups in total. The van der Waals surface area contributed by atoms with E-state index in [4.69, 9.17) is 0 Å². The molecule has 0 spiro atoms. The molecule has 19 heavy (non-hydrogen) atoms. The zero-order valence-electron chi connectivity index (χ0n) is 9.41.